The molecule has 0 radical (unpaired) electrons. The van der Waals surface area contributed by atoms with Crippen molar-refractivity contribution >= 4 is 11.6 Å². The molecule has 0 saturated heterocycles. The molecule has 0 aliphatic carbocycles. The summed E-state index contributed by atoms with van der Waals surface area (Å²) < 4.78 is 1.81. The van der Waals surface area contributed by atoms with E-state index in [1.54, 1.807) is 6.20 Å². The Labute approximate surface area is 164 Å². The van der Waals surface area contributed by atoms with Crippen LogP contribution in [0.5, 0.6) is 0 Å². The molecule has 0 bridgehead atoms. The van der Waals surface area contributed by atoms with Gasteiger partial charge in [-0.3, -0.25) is 4.79 Å². The normalized spacial score (nSPS) is 10.6. The first-order valence-corrected chi connectivity index (χ1v) is 9.21. The van der Waals surface area contributed by atoms with Gasteiger partial charge in [0.2, 0.25) is 0 Å². The first-order chi connectivity index (χ1) is 13.6. The van der Waals surface area contributed by atoms with Crippen molar-refractivity contribution in [3.8, 4) is 16.9 Å². The summed E-state index contributed by atoms with van der Waals surface area (Å²) in [7, 11) is 0. The second-order valence-corrected chi connectivity index (χ2v) is 6.79. The predicted molar refractivity (Wildman–Crippen MR) is 113 cm³/mol. The third-order valence-electron chi connectivity index (χ3n) is 4.70. The smallest absolute Gasteiger partial charge is 0.259 e. The van der Waals surface area contributed by atoms with Gasteiger partial charge in [-0.2, -0.15) is 5.10 Å². The van der Waals surface area contributed by atoms with Crippen molar-refractivity contribution in [1.29, 1.82) is 0 Å². The zero-order valence-electron chi connectivity index (χ0n) is 15.9. The molecule has 0 aliphatic rings. The average molecular weight is 367 g/mol. The van der Waals surface area contributed by atoms with Crippen LogP contribution < -0.4 is 5.32 Å². The van der Waals surface area contributed by atoms with Crippen LogP contribution >= 0.6 is 0 Å². The minimum Gasteiger partial charge on any atom is -0.322 e. The third kappa shape index (κ3) is 3.45. The van der Waals surface area contributed by atoms with Crippen LogP contribution in [-0.4, -0.2) is 15.7 Å². The van der Waals surface area contributed by atoms with Crippen LogP contribution in [0.4, 0.5) is 5.69 Å². The summed E-state index contributed by atoms with van der Waals surface area (Å²) >= 11 is 0. The Balaban J connectivity index is 1.80. The van der Waals surface area contributed by atoms with E-state index in [9.17, 15) is 4.79 Å². The van der Waals surface area contributed by atoms with Crippen LogP contribution in [0.25, 0.3) is 16.9 Å². The van der Waals surface area contributed by atoms with Crippen molar-refractivity contribution in [2.24, 2.45) is 0 Å². The second-order valence-electron chi connectivity index (χ2n) is 6.79. The number of nitrogens with one attached hydrogen (secondary N) is 1. The van der Waals surface area contributed by atoms with Gasteiger partial charge in [0.15, 0.2) is 0 Å². The molecule has 0 aliphatic heterocycles. The van der Waals surface area contributed by atoms with Gasteiger partial charge in [-0.15, -0.1) is 0 Å². The highest BCUT2D eigenvalue weighted by atomic mass is 16.1. The molecule has 0 atom stereocenters. The Morgan fingerprint density at radius 1 is 0.893 bits per heavy atom. The molecular weight excluding hydrogens is 346 g/mol. The van der Waals surface area contributed by atoms with Gasteiger partial charge >= 0.3 is 0 Å². The van der Waals surface area contributed by atoms with Crippen LogP contribution in [0.3, 0.4) is 0 Å². The van der Waals surface area contributed by atoms with Crippen LogP contribution in [0.2, 0.25) is 0 Å². The molecule has 4 aromatic rings. The Hall–Kier alpha value is -3.66. The Morgan fingerprint density at radius 2 is 1.57 bits per heavy atom. The molecule has 1 N–H and O–H groups in total. The molecule has 28 heavy (non-hydrogen) atoms. The van der Waals surface area contributed by atoms with Gasteiger partial charge in [-0.25, -0.2) is 4.68 Å². The SMILES string of the molecule is Cc1ccc(C)c(NC(=O)c2cnn(-c3ccccc3)c2-c2ccccc2)c1. The molecule has 4 heteroatoms. The number of aryl methyl sites for hydroxylation is 2. The summed E-state index contributed by atoms with van der Waals surface area (Å²) in [6.45, 7) is 4.00. The second kappa shape index (κ2) is 7.53. The van der Waals surface area contributed by atoms with Crippen LogP contribution in [0.1, 0.15) is 21.5 Å². The molecular formula is C24H21N3O. The van der Waals surface area contributed by atoms with Gasteiger partial charge in [0, 0.05) is 11.3 Å². The number of rotatable bonds is 4. The molecule has 138 valence electrons. The van der Waals surface area contributed by atoms with Crippen molar-refractivity contribution in [1.82, 2.24) is 9.78 Å². The molecule has 1 amide bonds. The summed E-state index contributed by atoms with van der Waals surface area (Å²) in [5.74, 6) is -0.172. The summed E-state index contributed by atoms with van der Waals surface area (Å²) in [5, 5.41) is 7.57. The quantitative estimate of drug-likeness (QED) is 0.524. The lowest BCUT2D eigenvalue weighted by Crippen LogP contribution is -2.14. The van der Waals surface area contributed by atoms with E-state index in [1.165, 1.54) is 0 Å². The lowest BCUT2D eigenvalue weighted by Gasteiger charge is -2.12. The maximum Gasteiger partial charge on any atom is 0.259 e. The number of para-hydroxylation sites is 1. The van der Waals surface area contributed by atoms with Gasteiger partial charge in [0.25, 0.3) is 5.91 Å². The highest BCUT2D eigenvalue weighted by Crippen LogP contribution is 2.28. The fourth-order valence-electron chi connectivity index (χ4n) is 3.21. The van der Waals surface area contributed by atoms with Crippen molar-refractivity contribution in [2.45, 2.75) is 13.8 Å². The van der Waals surface area contributed by atoms with E-state index < -0.39 is 0 Å². The van der Waals surface area contributed by atoms with Gasteiger partial charge in [-0.1, -0.05) is 60.7 Å². The maximum atomic E-state index is 13.2. The largest absolute Gasteiger partial charge is 0.322 e. The molecule has 1 aromatic heterocycles. The highest BCUT2D eigenvalue weighted by Gasteiger charge is 2.20. The van der Waals surface area contributed by atoms with Crippen molar-refractivity contribution in [3.05, 3.63) is 102 Å². The zero-order valence-corrected chi connectivity index (χ0v) is 15.9. The summed E-state index contributed by atoms with van der Waals surface area (Å²) in [6, 6.07) is 25.7. The number of amides is 1. The minimum atomic E-state index is -0.172. The number of aromatic nitrogens is 2. The minimum absolute atomic E-state index is 0.172. The van der Waals surface area contributed by atoms with E-state index in [1.807, 2.05) is 97.4 Å². The Bertz CT molecular complexity index is 1120. The predicted octanol–water partition coefficient (Wildman–Crippen LogP) is 5.41. The van der Waals surface area contributed by atoms with Gasteiger partial charge in [-0.05, 0) is 43.2 Å². The summed E-state index contributed by atoms with van der Waals surface area (Å²) in [4.78, 5) is 13.2. The molecule has 0 saturated carbocycles. The lowest BCUT2D eigenvalue weighted by atomic mass is 10.1. The maximum absolute atomic E-state index is 13.2. The fraction of sp³-hybridized carbons (Fsp3) is 0.0833. The van der Waals surface area contributed by atoms with Crippen LogP contribution in [-0.2, 0) is 0 Å². The topological polar surface area (TPSA) is 46.9 Å². The molecule has 4 nitrogen and oxygen atoms in total. The van der Waals surface area contributed by atoms with E-state index in [4.69, 9.17) is 0 Å². The number of carbonyl (C=O) groups excluding carboxylic acids is 1. The molecule has 4 rings (SSSR count). The van der Waals surface area contributed by atoms with Gasteiger partial charge < -0.3 is 5.32 Å². The first-order valence-electron chi connectivity index (χ1n) is 9.21. The van der Waals surface area contributed by atoms with Crippen molar-refractivity contribution < 1.29 is 4.79 Å². The third-order valence-corrected chi connectivity index (χ3v) is 4.70. The summed E-state index contributed by atoms with van der Waals surface area (Å²) in [6.07, 6.45) is 1.63. The monoisotopic (exact) mass is 367 g/mol. The zero-order chi connectivity index (χ0) is 19.5. The van der Waals surface area contributed by atoms with Gasteiger partial charge in [0.1, 0.15) is 0 Å². The van der Waals surface area contributed by atoms with E-state index in [2.05, 4.69) is 10.4 Å². The van der Waals surface area contributed by atoms with Crippen molar-refractivity contribution in [3.63, 3.8) is 0 Å². The number of benzene rings is 3. The van der Waals surface area contributed by atoms with E-state index in [-0.39, 0.29) is 5.91 Å². The number of hydrogen-bond donors (Lipinski definition) is 1. The van der Waals surface area contributed by atoms with Crippen LogP contribution in [0.15, 0.2) is 85.1 Å². The first kappa shape index (κ1) is 17.7. The molecule has 0 fully saturated rings. The summed E-state index contributed by atoms with van der Waals surface area (Å²) in [5.41, 5.74) is 6.10. The molecule has 0 spiro atoms. The van der Waals surface area contributed by atoms with Gasteiger partial charge in [0.05, 0.1) is 23.1 Å². The Kier molecular flexibility index (Phi) is 4.77. The lowest BCUT2D eigenvalue weighted by molar-refractivity contribution is 0.102. The number of anilines is 1. The number of carbonyl (C=O) groups is 1. The average Bonchev–Trinajstić information content (AvgIpc) is 3.17. The van der Waals surface area contributed by atoms with Crippen LogP contribution in [0, 0.1) is 13.8 Å². The van der Waals surface area contributed by atoms with Crippen molar-refractivity contribution in [2.75, 3.05) is 5.32 Å². The number of nitrogens with zero attached hydrogens (tertiary/aromatic N) is 2. The van der Waals surface area contributed by atoms with E-state index in [0.717, 1.165) is 33.8 Å². The van der Waals surface area contributed by atoms with E-state index >= 15 is 0 Å². The molecule has 1 heterocycles. The Morgan fingerprint density at radius 3 is 2.29 bits per heavy atom. The molecule has 3 aromatic carbocycles. The van der Waals surface area contributed by atoms with E-state index in [0.29, 0.717) is 5.56 Å². The number of hydrogen-bond acceptors (Lipinski definition) is 2. The molecule has 0 unspecified atom stereocenters. The standard InChI is InChI=1S/C24H21N3O/c1-17-13-14-18(2)22(15-17)26-24(28)21-16-25-27(20-11-7-4-8-12-20)23(21)19-9-5-3-6-10-19/h3-16H,1-2H3,(H,26,28). The highest BCUT2D eigenvalue weighted by molar-refractivity contribution is 6.08. The fourth-order valence-corrected chi connectivity index (χ4v) is 3.21.